The van der Waals surface area contributed by atoms with Crippen molar-refractivity contribution in [1.82, 2.24) is 0 Å². The standard InChI is InChI=1S/C14H28O2/c1-5-6-7-8-9-12-16-13(15)10-11-14(2,3)4/h5-12H2,1-4H3. The minimum atomic E-state index is -0.0367. The molecule has 2 heteroatoms. The van der Waals surface area contributed by atoms with Crippen LogP contribution in [0.5, 0.6) is 0 Å². The maximum absolute atomic E-state index is 11.4. The van der Waals surface area contributed by atoms with Crippen molar-refractivity contribution in [2.75, 3.05) is 6.61 Å². The maximum Gasteiger partial charge on any atom is 0.305 e. The van der Waals surface area contributed by atoms with Gasteiger partial charge in [-0.2, -0.15) is 0 Å². The van der Waals surface area contributed by atoms with E-state index in [0.29, 0.717) is 13.0 Å². The van der Waals surface area contributed by atoms with Gasteiger partial charge < -0.3 is 4.74 Å². The zero-order chi connectivity index (χ0) is 12.4. The molecule has 0 aliphatic carbocycles. The van der Waals surface area contributed by atoms with Crippen molar-refractivity contribution in [3.05, 3.63) is 0 Å². The average molecular weight is 228 g/mol. The number of hydrogen-bond donors (Lipinski definition) is 0. The zero-order valence-corrected chi connectivity index (χ0v) is 11.5. The van der Waals surface area contributed by atoms with E-state index < -0.39 is 0 Å². The van der Waals surface area contributed by atoms with Gasteiger partial charge in [-0.05, 0) is 18.3 Å². The summed E-state index contributed by atoms with van der Waals surface area (Å²) < 4.78 is 5.18. The lowest BCUT2D eigenvalue weighted by molar-refractivity contribution is -0.144. The van der Waals surface area contributed by atoms with Gasteiger partial charge in [0.25, 0.3) is 0 Å². The number of carbonyl (C=O) groups is 1. The summed E-state index contributed by atoms with van der Waals surface area (Å²) in [4.78, 5) is 11.4. The predicted octanol–water partition coefficient (Wildman–Crippen LogP) is 4.33. The molecule has 0 atom stereocenters. The van der Waals surface area contributed by atoms with Crippen LogP contribution in [0.3, 0.4) is 0 Å². The summed E-state index contributed by atoms with van der Waals surface area (Å²) in [6.45, 7) is 9.24. The van der Waals surface area contributed by atoms with Crippen molar-refractivity contribution in [2.24, 2.45) is 5.41 Å². The second-order valence-corrected chi connectivity index (χ2v) is 5.70. The van der Waals surface area contributed by atoms with E-state index in [0.717, 1.165) is 12.8 Å². The van der Waals surface area contributed by atoms with Gasteiger partial charge in [0, 0.05) is 6.42 Å². The Bertz CT molecular complexity index is 180. The molecule has 0 aromatic heterocycles. The van der Waals surface area contributed by atoms with Crippen LogP contribution in [0.25, 0.3) is 0 Å². The highest BCUT2D eigenvalue weighted by Gasteiger charge is 2.13. The van der Waals surface area contributed by atoms with Crippen molar-refractivity contribution in [2.45, 2.75) is 72.6 Å². The Morgan fingerprint density at radius 1 is 1.06 bits per heavy atom. The summed E-state index contributed by atoms with van der Waals surface area (Å²) >= 11 is 0. The molecule has 0 aromatic rings. The van der Waals surface area contributed by atoms with E-state index in [4.69, 9.17) is 4.74 Å². The molecule has 0 fully saturated rings. The van der Waals surface area contributed by atoms with Gasteiger partial charge in [0.1, 0.15) is 0 Å². The van der Waals surface area contributed by atoms with Crippen molar-refractivity contribution < 1.29 is 9.53 Å². The highest BCUT2D eigenvalue weighted by atomic mass is 16.5. The predicted molar refractivity (Wildman–Crippen MR) is 68.4 cm³/mol. The van der Waals surface area contributed by atoms with Crippen LogP contribution < -0.4 is 0 Å². The molecule has 0 aliphatic heterocycles. The molecule has 16 heavy (non-hydrogen) atoms. The molecule has 0 spiro atoms. The van der Waals surface area contributed by atoms with Crippen LogP contribution in [0, 0.1) is 5.41 Å². The Morgan fingerprint density at radius 3 is 2.25 bits per heavy atom. The first-order valence-electron chi connectivity index (χ1n) is 6.61. The third-order valence-electron chi connectivity index (χ3n) is 2.59. The molecule has 0 saturated heterocycles. The Hall–Kier alpha value is -0.530. The number of hydrogen-bond acceptors (Lipinski definition) is 2. The molecule has 0 bridgehead atoms. The Kier molecular flexibility index (Phi) is 8.32. The van der Waals surface area contributed by atoms with E-state index in [1.165, 1.54) is 25.7 Å². The SMILES string of the molecule is CCCCCCCOC(=O)CCC(C)(C)C. The Labute approximate surface area is 101 Å². The average Bonchev–Trinajstić information content (AvgIpc) is 2.19. The van der Waals surface area contributed by atoms with Gasteiger partial charge in [-0.25, -0.2) is 0 Å². The molecule has 0 rings (SSSR count). The summed E-state index contributed by atoms with van der Waals surface area (Å²) in [6.07, 6.45) is 7.46. The maximum atomic E-state index is 11.4. The van der Waals surface area contributed by atoms with Gasteiger partial charge in [-0.15, -0.1) is 0 Å². The van der Waals surface area contributed by atoms with Crippen LogP contribution >= 0.6 is 0 Å². The number of ether oxygens (including phenoxy) is 1. The van der Waals surface area contributed by atoms with Crippen molar-refractivity contribution in [3.8, 4) is 0 Å². The van der Waals surface area contributed by atoms with E-state index in [-0.39, 0.29) is 11.4 Å². The molecule has 0 amide bonds. The van der Waals surface area contributed by atoms with E-state index in [9.17, 15) is 4.79 Å². The van der Waals surface area contributed by atoms with Crippen molar-refractivity contribution in [3.63, 3.8) is 0 Å². The van der Waals surface area contributed by atoms with E-state index in [1.807, 2.05) is 0 Å². The fourth-order valence-electron chi connectivity index (χ4n) is 1.44. The topological polar surface area (TPSA) is 26.3 Å². The number of unbranched alkanes of at least 4 members (excludes halogenated alkanes) is 4. The highest BCUT2D eigenvalue weighted by molar-refractivity contribution is 5.69. The second-order valence-electron chi connectivity index (χ2n) is 5.70. The lowest BCUT2D eigenvalue weighted by atomic mass is 9.91. The van der Waals surface area contributed by atoms with Gasteiger partial charge in [0.05, 0.1) is 6.61 Å². The van der Waals surface area contributed by atoms with Gasteiger partial charge in [0.2, 0.25) is 0 Å². The summed E-state index contributed by atoms with van der Waals surface area (Å²) in [5.74, 6) is -0.0367. The summed E-state index contributed by atoms with van der Waals surface area (Å²) in [5.41, 5.74) is 0.222. The molecule has 0 aromatic carbocycles. The lowest BCUT2D eigenvalue weighted by Gasteiger charge is -2.16. The fraction of sp³-hybridized carbons (Fsp3) is 0.929. The molecule has 0 saturated carbocycles. The molecule has 2 nitrogen and oxygen atoms in total. The molecule has 96 valence electrons. The van der Waals surface area contributed by atoms with Crippen molar-refractivity contribution in [1.29, 1.82) is 0 Å². The molecule has 0 heterocycles. The number of rotatable bonds is 8. The van der Waals surface area contributed by atoms with E-state index >= 15 is 0 Å². The first-order valence-corrected chi connectivity index (χ1v) is 6.61. The quantitative estimate of drug-likeness (QED) is 0.456. The summed E-state index contributed by atoms with van der Waals surface area (Å²) in [6, 6.07) is 0. The smallest absolute Gasteiger partial charge is 0.305 e. The molecular formula is C14H28O2. The number of carbonyl (C=O) groups excluding carboxylic acids is 1. The van der Waals surface area contributed by atoms with Crippen LogP contribution in [-0.2, 0) is 9.53 Å². The van der Waals surface area contributed by atoms with E-state index in [2.05, 4.69) is 27.7 Å². The minimum Gasteiger partial charge on any atom is -0.466 e. The summed E-state index contributed by atoms with van der Waals surface area (Å²) in [7, 11) is 0. The largest absolute Gasteiger partial charge is 0.466 e. The van der Waals surface area contributed by atoms with Gasteiger partial charge in [-0.3, -0.25) is 4.79 Å². The first kappa shape index (κ1) is 15.5. The fourth-order valence-corrected chi connectivity index (χ4v) is 1.44. The van der Waals surface area contributed by atoms with Gasteiger partial charge in [-0.1, -0.05) is 53.4 Å². The third-order valence-corrected chi connectivity index (χ3v) is 2.59. The molecular weight excluding hydrogens is 200 g/mol. The Balaban J connectivity index is 3.31. The first-order chi connectivity index (χ1) is 7.45. The highest BCUT2D eigenvalue weighted by Crippen LogP contribution is 2.20. The monoisotopic (exact) mass is 228 g/mol. The molecule has 0 radical (unpaired) electrons. The lowest BCUT2D eigenvalue weighted by Crippen LogP contribution is -2.11. The minimum absolute atomic E-state index is 0.0367. The second kappa shape index (κ2) is 8.60. The van der Waals surface area contributed by atoms with Crippen LogP contribution in [0.1, 0.15) is 72.6 Å². The van der Waals surface area contributed by atoms with Gasteiger partial charge >= 0.3 is 5.97 Å². The number of esters is 1. The van der Waals surface area contributed by atoms with E-state index in [1.54, 1.807) is 0 Å². The molecule has 0 aliphatic rings. The zero-order valence-electron chi connectivity index (χ0n) is 11.5. The summed E-state index contributed by atoms with van der Waals surface area (Å²) in [5, 5.41) is 0. The third kappa shape index (κ3) is 11.5. The Morgan fingerprint density at radius 2 is 1.69 bits per heavy atom. The van der Waals surface area contributed by atoms with Crippen LogP contribution in [0.4, 0.5) is 0 Å². The van der Waals surface area contributed by atoms with Gasteiger partial charge in [0.15, 0.2) is 0 Å². The van der Waals surface area contributed by atoms with Crippen LogP contribution in [0.15, 0.2) is 0 Å². The molecule has 0 N–H and O–H groups in total. The van der Waals surface area contributed by atoms with Crippen LogP contribution in [-0.4, -0.2) is 12.6 Å². The van der Waals surface area contributed by atoms with Crippen molar-refractivity contribution >= 4 is 5.97 Å². The normalized spacial score (nSPS) is 11.5. The van der Waals surface area contributed by atoms with Crippen LogP contribution in [0.2, 0.25) is 0 Å². The molecule has 0 unspecified atom stereocenters.